The van der Waals surface area contributed by atoms with E-state index in [9.17, 15) is 4.79 Å². The van der Waals surface area contributed by atoms with Crippen molar-refractivity contribution in [3.8, 4) is 0 Å². The minimum atomic E-state index is -0.0203. The SMILES string of the molecule is CC1CCOC2=CC(N=C=O)=CCC2O1. The van der Waals surface area contributed by atoms with Gasteiger partial charge < -0.3 is 9.47 Å². The zero-order chi connectivity index (χ0) is 10.7. The molecule has 1 aliphatic heterocycles. The van der Waals surface area contributed by atoms with Crippen LogP contribution in [0.15, 0.2) is 28.6 Å². The first kappa shape index (κ1) is 10.1. The van der Waals surface area contributed by atoms with Crippen molar-refractivity contribution in [2.45, 2.75) is 32.0 Å². The number of ether oxygens (including phenoxy) is 2. The van der Waals surface area contributed by atoms with Crippen molar-refractivity contribution in [3.63, 3.8) is 0 Å². The van der Waals surface area contributed by atoms with Crippen LogP contribution in [0.3, 0.4) is 0 Å². The van der Waals surface area contributed by atoms with Gasteiger partial charge in [0.15, 0.2) is 0 Å². The molecule has 0 aromatic carbocycles. The lowest BCUT2D eigenvalue weighted by atomic mass is 10.1. The Labute approximate surface area is 88.3 Å². The topological polar surface area (TPSA) is 47.9 Å². The van der Waals surface area contributed by atoms with Gasteiger partial charge in [0.2, 0.25) is 6.08 Å². The van der Waals surface area contributed by atoms with Gasteiger partial charge in [-0.15, -0.1) is 0 Å². The summed E-state index contributed by atoms with van der Waals surface area (Å²) in [4.78, 5) is 13.7. The van der Waals surface area contributed by atoms with E-state index < -0.39 is 0 Å². The molecule has 4 nitrogen and oxygen atoms in total. The fraction of sp³-hybridized carbons (Fsp3) is 0.545. The van der Waals surface area contributed by atoms with E-state index in [0.29, 0.717) is 18.7 Å². The number of hydrogen-bond donors (Lipinski definition) is 0. The van der Waals surface area contributed by atoms with Crippen LogP contribution < -0.4 is 0 Å². The predicted molar refractivity (Wildman–Crippen MR) is 53.8 cm³/mol. The summed E-state index contributed by atoms with van der Waals surface area (Å²) >= 11 is 0. The maximum atomic E-state index is 10.1. The van der Waals surface area contributed by atoms with Gasteiger partial charge in [-0.05, 0) is 6.92 Å². The van der Waals surface area contributed by atoms with Gasteiger partial charge in [-0.3, -0.25) is 0 Å². The van der Waals surface area contributed by atoms with E-state index in [1.165, 1.54) is 6.08 Å². The molecule has 80 valence electrons. The molecule has 0 bridgehead atoms. The van der Waals surface area contributed by atoms with E-state index in [-0.39, 0.29) is 12.2 Å². The second kappa shape index (κ2) is 4.43. The van der Waals surface area contributed by atoms with Crippen LogP contribution in [0, 0.1) is 0 Å². The number of fused-ring (bicyclic) bond motifs is 1. The van der Waals surface area contributed by atoms with Crippen molar-refractivity contribution >= 4 is 6.08 Å². The average Bonchev–Trinajstić information content (AvgIpc) is 2.39. The van der Waals surface area contributed by atoms with Gasteiger partial charge in [0.1, 0.15) is 11.9 Å². The Kier molecular flexibility index (Phi) is 2.99. The van der Waals surface area contributed by atoms with Crippen LogP contribution in [-0.2, 0) is 14.3 Å². The Morgan fingerprint density at radius 1 is 1.60 bits per heavy atom. The summed E-state index contributed by atoms with van der Waals surface area (Å²) in [6.07, 6.45) is 6.92. The van der Waals surface area contributed by atoms with E-state index in [4.69, 9.17) is 9.47 Å². The molecule has 0 amide bonds. The summed E-state index contributed by atoms with van der Waals surface area (Å²) < 4.78 is 11.3. The van der Waals surface area contributed by atoms with Gasteiger partial charge >= 0.3 is 0 Å². The highest BCUT2D eigenvalue weighted by Gasteiger charge is 2.25. The molecule has 1 fully saturated rings. The van der Waals surface area contributed by atoms with E-state index in [2.05, 4.69) is 4.99 Å². The van der Waals surface area contributed by atoms with Gasteiger partial charge in [0.25, 0.3) is 0 Å². The van der Waals surface area contributed by atoms with Gasteiger partial charge in [-0.2, -0.15) is 4.99 Å². The van der Waals surface area contributed by atoms with Crippen LogP contribution in [-0.4, -0.2) is 24.9 Å². The maximum Gasteiger partial charge on any atom is 0.240 e. The van der Waals surface area contributed by atoms with E-state index in [1.807, 2.05) is 13.0 Å². The first-order chi connectivity index (χ1) is 7.29. The van der Waals surface area contributed by atoms with Gasteiger partial charge in [0, 0.05) is 18.9 Å². The lowest BCUT2D eigenvalue weighted by Crippen LogP contribution is -2.20. The second-order valence-electron chi connectivity index (χ2n) is 3.69. The van der Waals surface area contributed by atoms with Crippen LogP contribution in [0.1, 0.15) is 19.8 Å². The molecule has 2 unspecified atom stereocenters. The molecule has 4 heteroatoms. The fourth-order valence-electron chi connectivity index (χ4n) is 1.72. The van der Waals surface area contributed by atoms with E-state index in [0.717, 1.165) is 12.2 Å². The first-order valence-corrected chi connectivity index (χ1v) is 5.07. The average molecular weight is 207 g/mol. The summed E-state index contributed by atoms with van der Waals surface area (Å²) in [5, 5.41) is 0. The van der Waals surface area contributed by atoms with Crippen molar-refractivity contribution < 1.29 is 14.3 Å². The highest BCUT2D eigenvalue weighted by Crippen LogP contribution is 2.26. The third kappa shape index (κ3) is 2.35. The zero-order valence-electron chi connectivity index (χ0n) is 8.60. The quantitative estimate of drug-likeness (QED) is 0.485. The smallest absolute Gasteiger partial charge is 0.240 e. The highest BCUT2D eigenvalue weighted by atomic mass is 16.6. The molecule has 0 aromatic heterocycles. The molecule has 2 atom stereocenters. The van der Waals surface area contributed by atoms with Crippen LogP contribution >= 0.6 is 0 Å². The number of hydrogen-bond acceptors (Lipinski definition) is 4. The molecular formula is C11H13NO3. The molecule has 1 heterocycles. The van der Waals surface area contributed by atoms with E-state index >= 15 is 0 Å². The first-order valence-electron chi connectivity index (χ1n) is 5.07. The Morgan fingerprint density at radius 2 is 2.47 bits per heavy atom. The molecule has 2 rings (SSSR count). The summed E-state index contributed by atoms with van der Waals surface area (Å²) in [5.74, 6) is 0.774. The van der Waals surface area contributed by atoms with Crippen molar-refractivity contribution in [1.82, 2.24) is 0 Å². The maximum absolute atomic E-state index is 10.1. The lowest BCUT2D eigenvalue weighted by Gasteiger charge is -2.21. The molecule has 1 aliphatic carbocycles. The predicted octanol–water partition coefficient (Wildman–Crippen LogP) is 1.69. The van der Waals surface area contributed by atoms with Gasteiger partial charge in [-0.1, -0.05) is 6.08 Å². The molecule has 0 N–H and O–H groups in total. The standard InChI is InChI=1S/C11H13NO3/c1-8-4-5-14-11-6-9(12-7-13)2-3-10(11)15-8/h2,6,8,10H,3-5H2,1H3. The fourth-order valence-corrected chi connectivity index (χ4v) is 1.72. The van der Waals surface area contributed by atoms with Crippen molar-refractivity contribution in [2.75, 3.05) is 6.61 Å². The minimum absolute atomic E-state index is 0.0203. The van der Waals surface area contributed by atoms with Crippen LogP contribution in [0.2, 0.25) is 0 Å². The third-order valence-electron chi connectivity index (χ3n) is 2.51. The number of allylic oxidation sites excluding steroid dienone is 1. The van der Waals surface area contributed by atoms with Crippen molar-refractivity contribution in [3.05, 3.63) is 23.6 Å². The molecule has 1 saturated heterocycles. The molecule has 15 heavy (non-hydrogen) atoms. The number of isocyanates is 1. The number of rotatable bonds is 1. The number of nitrogens with zero attached hydrogens (tertiary/aromatic N) is 1. The molecule has 0 aromatic rings. The Bertz CT molecular complexity index is 353. The minimum Gasteiger partial charge on any atom is -0.495 e. The van der Waals surface area contributed by atoms with Crippen LogP contribution in [0.25, 0.3) is 0 Å². The highest BCUT2D eigenvalue weighted by molar-refractivity contribution is 5.41. The zero-order valence-corrected chi connectivity index (χ0v) is 8.60. The monoisotopic (exact) mass is 207 g/mol. The lowest BCUT2D eigenvalue weighted by molar-refractivity contribution is 0.0174. The van der Waals surface area contributed by atoms with Gasteiger partial charge in [-0.25, -0.2) is 4.79 Å². The second-order valence-corrected chi connectivity index (χ2v) is 3.69. The molecular weight excluding hydrogens is 194 g/mol. The number of aliphatic imine (C=N–C) groups is 1. The van der Waals surface area contributed by atoms with Crippen LogP contribution in [0.5, 0.6) is 0 Å². The summed E-state index contributed by atoms with van der Waals surface area (Å²) in [6.45, 7) is 2.69. The Morgan fingerprint density at radius 3 is 3.27 bits per heavy atom. The molecule has 0 spiro atoms. The molecule has 0 radical (unpaired) electrons. The van der Waals surface area contributed by atoms with E-state index in [1.54, 1.807) is 6.08 Å². The summed E-state index contributed by atoms with van der Waals surface area (Å²) in [6, 6.07) is 0. The molecule has 0 saturated carbocycles. The Hall–Kier alpha value is -1.38. The van der Waals surface area contributed by atoms with Crippen LogP contribution in [0.4, 0.5) is 0 Å². The van der Waals surface area contributed by atoms with Crippen molar-refractivity contribution in [1.29, 1.82) is 0 Å². The largest absolute Gasteiger partial charge is 0.495 e. The van der Waals surface area contributed by atoms with Crippen molar-refractivity contribution in [2.24, 2.45) is 4.99 Å². The normalized spacial score (nSPS) is 29.9. The number of carbonyl (C=O) groups excluding carboxylic acids is 1. The molecule has 2 aliphatic rings. The van der Waals surface area contributed by atoms with Gasteiger partial charge in [0.05, 0.1) is 18.4 Å². The summed E-state index contributed by atoms with van der Waals surface area (Å²) in [5.41, 5.74) is 0.606. The Balaban J connectivity index is 2.16. The summed E-state index contributed by atoms with van der Waals surface area (Å²) in [7, 11) is 0. The third-order valence-corrected chi connectivity index (χ3v) is 2.51.